The van der Waals surface area contributed by atoms with Crippen LogP contribution in [0.25, 0.3) is 10.4 Å². The van der Waals surface area contributed by atoms with Crippen LogP contribution in [0, 0.1) is 5.41 Å². The molecule has 1 aromatic carbocycles. The minimum atomic E-state index is -0.445. The molecule has 28 heavy (non-hydrogen) atoms. The summed E-state index contributed by atoms with van der Waals surface area (Å²) >= 11 is 1.73. The average Bonchev–Trinajstić information content (AvgIpc) is 3.23. The average molecular weight is 399 g/mol. The summed E-state index contributed by atoms with van der Waals surface area (Å²) in [6.07, 6.45) is 3.62. The van der Waals surface area contributed by atoms with Crippen LogP contribution in [0.5, 0.6) is 0 Å². The van der Waals surface area contributed by atoms with Crippen molar-refractivity contribution in [3.63, 3.8) is 0 Å². The number of carbonyl (C=O) groups excluding carboxylic acids is 2. The van der Waals surface area contributed by atoms with Gasteiger partial charge in [-0.1, -0.05) is 37.3 Å². The summed E-state index contributed by atoms with van der Waals surface area (Å²) in [5.74, 6) is 0.392. The molecule has 1 aliphatic heterocycles. The third-order valence-corrected chi connectivity index (χ3v) is 6.63. The predicted octanol–water partition coefficient (Wildman–Crippen LogP) is 4.45. The van der Waals surface area contributed by atoms with E-state index < -0.39 is 5.41 Å². The molecule has 0 aliphatic carbocycles. The van der Waals surface area contributed by atoms with E-state index in [-0.39, 0.29) is 11.8 Å². The number of hydrogen-bond donors (Lipinski definition) is 0. The van der Waals surface area contributed by atoms with E-state index in [2.05, 4.69) is 41.8 Å². The summed E-state index contributed by atoms with van der Waals surface area (Å²) in [6, 6.07) is 12.6. The van der Waals surface area contributed by atoms with Crippen LogP contribution in [-0.4, -0.2) is 48.8 Å². The second-order valence-corrected chi connectivity index (χ2v) is 8.87. The minimum absolute atomic E-state index is 0.177. The smallest absolute Gasteiger partial charge is 0.228 e. The van der Waals surface area contributed by atoms with Crippen molar-refractivity contribution in [2.75, 3.05) is 27.2 Å². The van der Waals surface area contributed by atoms with Crippen molar-refractivity contribution in [2.24, 2.45) is 5.41 Å². The number of piperidine rings is 1. The first kappa shape index (κ1) is 20.6. The predicted molar refractivity (Wildman–Crippen MR) is 115 cm³/mol. The monoisotopic (exact) mass is 398 g/mol. The molecular weight excluding hydrogens is 368 g/mol. The van der Waals surface area contributed by atoms with Gasteiger partial charge in [0.15, 0.2) is 0 Å². The van der Waals surface area contributed by atoms with Gasteiger partial charge in [-0.05, 0) is 48.3 Å². The fraction of sp³-hybridized carbons (Fsp3) is 0.478. The van der Waals surface area contributed by atoms with E-state index >= 15 is 0 Å². The van der Waals surface area contributed by atoms with E-state index in [0.29, 0.717) is 25.9 Å². The highest BCUT2D eigenvalue weighted by molar-refractivity contribution is 7.13. The summed E-state index contributed by atoms with van der Waals surface area (Å²) in [6.45, 7) is 3.36. The Kier molecular flexibility index (Phi) is 6.55. The van der Waals surface area contributed by atoms with E-state index in [1.54, 1.807) is 16.2 Å². The van der Waals surface area contributed by atoms with Crippen LogP contribution in [0.15, 0.2) is 41.8 Å². The second-order valence-electron chi connectivity index (χ2n) is 7.92. The Morgan fingerprint density at radius 3 is 2.43 bits per heavy atom. The Hall–Kier alpha value is -2.14. The highest BCUT2D eigenvalue weighted by atomic mass is 32.1. The van der Waals surface area contributed by atoms with Gasteiger partial charge in [-0.25, -0.2) is 0 Å². The molecule has 0 atom stereocenters. The van der Waals surface area contributed by atoms with Gasteiger partial charge in [0.25, 0.3) is 0 Å². The van der Waals surface area contributed by atoms with Gasteiger partial charge in [-0.2, -0.15) is 0 Å². The Morgan fingerprint density at radius 2 is 1.82 bits per heavy atom. The third kappa shape index (κ3) is 4.30. The fourth-order valence-electron chi connectivity index (χ4n) is 4.21. The zero-order valence-electron chi connectivity index (χ0n) is 17.1. The zero-order chi connectivity index (χ0) is 20.1. The number of nitrogens with zero attached hydrogens (tertiary/aromatic N) is 2. The molecule has 0 radical (unpaired) electrons. The topological polar surface area (TPSA) is 40.6 Å². The second kappa shape index (κ2) is 8.91. The molecule has 5 heteroatoms. The van der Waals surface area contributed by atoms with E-state index in [0.717, 1.165) is 19.3 Å². The number of rotatable bonds is 6. The molecule has 4 nitrogen and oxygen atoms in total. The summed E-state index contributed by atoms with van der Waals surface area (Å²) in [4.78, 5) is 30.5. The first-order valence-electron chi connectivity index (χ1n) is 10.1. The molecule has 2 amide bonds. The maximum Gasteiger partial charge on any atom is 0.228 e. The molecule has 2 heterocycles. The third-order valence-electron chi connectivity index (χ3n) is 5.73. The van der Waals surface area contributed by atoms with Gasteiger partial charge in [0.1, 0.15) is 0 Å². The van der Waals surface area contributed by atoms with E-state index in [1.807, 2.05) is 25.9 Å². The molecule has 0 N–H and O–H groups in total. The van der Waals surface area contributed by atoms with E-state index in [9.17, 15) is 9.59 Å². The van der Waals surface area contributed by atoms with Crippen molar-refractivity contribution in [3.8, 4) is 10.4 Å². The standard InChI is InChI=1S/C23H30N2O2S/c1-4-8-21(26)25-14-12-23(13-15-25,22(27)24(2)3)17-18-9-5-6-10-19(18)20-11-7-16-28-20/h5-7,9-11,16H,4,8,12-15,17H2,1-3H3. The zero-order valence-corrected chi connectivity index (χ0v) is 17.9. The normalized spacial score (nSPS) is 16.0. The molecule has 2 aromatic rings. The van der Waals surface area contributed by atoms with Gasteiger partial charge in [0.2, 0.25) is 11.8 Å². The highest BCUT2D eigenvalue weighted by Gasteiger charge is 2.43. The maximum atomic E-state index is 13.2. The largest absolute Gasteiger partial charge is 0.348 e. The highest BCUT2D eigenvalue weighted by Crippen LogP contribution is 2.40. The van der Waals surface area contributed by atoms with Gasteiger partial charge in [-0.15, -0.1) is 11.3 Å². The lowest BCUT2D eigenvalue weighted by molar-refractivity contribution is -0.146. The molecule has 1 saturated heterocycles. The molecule has 0 bridgehead atoms. The molecular formula is C23H30N2O2S. The van der Waals surface area contributed by atoms with Crippen molar-refractivity contribution in [2.45, 2.75) is 39.0 Å². The Labute approximate surface area is 172 Å². The van der Waals surface area contributed by atoms with Crippen LogP contribution in [0.3, 0.4) is 0 Å². The number of amides is 2. The SMILES string of the molecule is CCCC(=O)N1CCC(Cc2ccccc2-c2cccs2)(C(=O)N(C)C)CC1. The molecule has 0 spiro atoms. The van der Waals surface area contributed by atoms with Gasteiger partial charge >= 0.3 is 0 Å². The lowest BCUT2D eigenvalue weighted by Crippen LogP contribution is -2.51. The van der Waals surface area contributed by atoms with E-state index in [1.165, 1.54) is 16.0 Å². The summed E-state index contributed by atoms with van der Waals surface area (Å²) in [5.41, 5.74) is 1.99. The maximum absolute atomic E-state index is 13.2. The van der Waals surface area contributed by atoms with Crippen molar-refractivity contribution in [3.05, 3.63) is 47.3 Å². The first-order chi connectivity index (χ1) is 13.5. The Bertz CT molecular complexity index is 806. The van der Waals surface area contributed by atoms with E-state index in [4.69, 9.17) is 0 Å². The van der Waals surface area contributed by atoms with Gasteiger partial charge in [0.05, 0.1) is 5.41 Å². The minimum Gasteiger partial charge on any atom is -0.348 e. The number of benzene rings is 1. The van der Waals surface area contributed by atoms with Gasteiger partial charge in [-0.3, -0.25) is 9.59 Å². The van der Waals surface area contributed by atoms with Gasteiger partial charge in [0, 0.05) is 38.5 Å². The first-order valence-corrected chi connectivity index (χ1v) is 11.0. The van der Waals surface area contributed by atoms with Crippen molar-refractivity contribution >= 4 is 23.2 Å². The fourth-order valence-corrected chi connectivity index (χ4v) is 4.99. The number of carbonyl (C=O) groups is 2. The van der Waals surface area contributed by atoms with Gasteiger partial charge < -0.3 is 9.80 Å². The lowest BCUT2D eigenvalue weighted by Gasteiger charge is -2.42. The Balaban J connectivity index is 1.87. The number of likely N-dealkylation sites (tertiary alicyclic amines) is 1. The summed E-state index contributed by atoms with van der Waals surface area (Å²) in [5, 5.41) is 2.09. The Morgan fingerprint density at radius 1 is 1.11 bits per heavy atom. The summed E-state index contributed by atoms with van der Waals surface area (Å²) < 4.78 is 0. The molecule has 0 saturated carbocycles. The molecule has 3 rings (SSSR count). The summed E-state index contributed by atoms with van der Waals surface area (Å²) in [7, 11) is 3.67. The molecule has 1 aromatic heterocycles. The lowest BCUT2D eigenvalue weighted by atomic mass is 9.72. The molecule has 1 fully saturated rings. The van der Waals surface area contributed by atoms with Crippen LogP contribution >= 0.6 is 11.3 Å². The van der Waals surface area contributed by atoms with Crippen LogP contribution in [0.2, 0.25) is 0 Å². The van der Waals surface area contributed by atoms with Crippen molar-refractivity contribution in [1.29, 1.82) is 0 Å². The van der Waals surface area contributed by atoms with Crippen molar-refractivity contribution < 1.29 is 9.59 Å². The molecule has 150 valence electrons. The molecule has 1 aliphatic rings. The van der Waals surface area contributed by atoms with Crippen LogP contribution in [0.1, 0.15) is 38.2 Å². The van der Waals surface area contributed by atoms with Crippen LogP contribution in [0.4, 0.5) is 0 Å². The molecule has 0 unspecified atom stereocenters. The van der Waals surface area contributed by atoms with Crippen molar-refractivity contribution in [1.82, 2.24) is 9.80 Å². The van der Waals surface area contributed by atoms with Crippen LogP contribution in [-0.2, 0) is 16.0 Å². The van der Waals surface area contributed by atoms with Crippen LogP contribution < -0.4 is 0 Å². The number of hydrogen-bond acceptors (Lipinski definition) is 3. The number of thiophene rings is 1. The quantitative estimate of drug-likeness (QED) is 0.721.